The molecule has 92 valence electrons. The highest BCUT2D eigenvalue weighted by molar-refractivity contribution is 7.12. The average Bonchev–Trinajstić information content (AvgIpc) is 2.93. The van der Waals surface area contributed by atoms with Gasteiger partial charge in [-0.15, -0.1) is 11.3 Å². The zero-order valence-corrected chi connectivity index (χ0v) is 10.9. The highest BCUT2D eigenvalue weighted by Crippen LogP contribution is 2.28. The Labute approximate surface area is 111 Å². The summed E-state index contributed by atoms with van der Waals surface area (Å²) in [7, 11) is 0. The van der Waals surface area contributed by atoms with Gasteiger partial charge in [-0.1, -0.05) is 18.2 Å². The number of amides is 1. The van der Waals surface area contributed by atoms with Crippen molar-refractivity contribution in [3.8, 4) is 0 Å². The molecule has 0 bridgehead atoms. The van der Waals surface area contributed by atoms with Crippen molar-refractivity contribution in [1.82, 2.24) is 0 Å². The number of aryl methyl sites for hydroxylation is 1. The van der Waals surface area contributed by atoms with Gasteiger partial charge in [-0.05, 0) is 54.3 Å². The van der Waals surface area contributed by atoms with Crippen LogP contribution in [0.1, 0.15) is 33.6 Å². The van der Waals surface area contributed by atoms with Gasteiger partial charge in [-0.2, -0.15) is 0 Å². The molecule has 2 aromatic rings. The lowest BCUT2D eigenvalue weighted by Gasteiger charge is -2.19. The fourth-order valence-corrected chi connectivity index (χ4v) is 3.11. The predicted octanol–water partition coefficient (Wildman–Crippen LogP) is 3.88. The van der Waals surface area contributed by atoms with Crippen LogP contribution in [0.15, 0.2) is 35.7 Å². The number of hydrogen-bond donors (Lipinski definition) is 1. The minimum absolute atomic E-state index is 0.00368. The van der Waals surface area contributed by atoms with Gasteiger partial charge in [-0.3, -0.25) is 4.79 Å². The second-order valence-electron chi connectivity index (χ2n) is 4.58. The van der Waals surface area contributed by atoms with Crippen molar-refractivity contribution in [2.24, 2.45) is 0 Å². The summed E-state index contributed by atoms with van der Waals surface area (Å²) in [6, 6.07) is 9.98. The third-order valence-corrected chi connectivity index (χ3v) is 4.26. The first-order valence-corrected chi connectivity index (χ1v) is 7.18. The van der Waals surface area contributed by atoms with Gasteiger partial charge in [0.2, 0.25) is 0 Å². The summed E-state index contributed by atoms with van der Waals surface area (Å²) in [6.07, 6.45) is 4.70. The Kier molecular flexibility index (Phi) is 3.15. The predicted molar refractivity (Wildman–Crippen MR) is 75.4 cm³/mol. The summed E-state index contributed by atoms with van der Waals surface area (Å²) in [5.74, 6) is 0.00368. The fourth-order valence-electron chi connectivity index (χ4n) is 2.49. The van der Waals surface area contributed by atoms with Gasteiger partial charge >= 0.3 is 0 Å². The van der Waals surface area contributed by atoms with Crippen LogP contribution in [0.3, 0.4) is 0 Å². The standard InChI is InChI=1S/C15H15NOS/c17-15(14-9-4-10-18-14)16-13-8-3-6-11-5-1-2-7-12(11)13/h3-4,6,8-10H,1-2,5,7H2,(H,16,17). The lowest BCUT2D eigenvalue weighted by Crippen LogP contribution is -2.14. The molecular formula is C15H15NOS. The van der Waals surface area contributed by atoms with Gasteiger partial charge in [0, 0.05) is 5.69 Å². The molecule has 1 aromatic heterocycles. The quantitative estimate of drug-likeness (QED) is 0.869. The minimum atomic E-state index is 0.00368. The summed E-state index contributed by atoms with van der Waals surface area (Å²) in [6.45, 7) is 0. The van der Waals surface area contributed by atoms with Crippen molar-refractivity contribution in [1.29, 1.82) is 0 Å². The van der Waals surface area contributed by atoms with E-state index in [4.69, 9.17) is 0 Å². The maximum Gasteiger partial charge on any atom is 0.265 e. The molecule has 1 heterocycles. The maximum atomic E-state index is 12.1. The largest absolute Gasteiger partial charge is 0.321 e. The molecule has 0 spiro atoms. The van der Waals surface area contributed by atoms with Crippen molar-refractivity contribution in [3.05, 3.63) is 51.7 Å². The molecule has 3 rings (SSSR count). The van der Waals surface area contributed by atoms with E-state index in [1.54, 1.807) is 0 Å². The van der Waals surface area contributed by atoms with E-state index in [9.17, 15) is 4.79 Å². The number of hydrogen-bond acceptors (Lipinski definition) is 2. The van der Waals surface area contributed by atoms with E-state index in [1.807, 2.05) is 29.6 Å². The molecule has 2 nitrogen and oxygen atoms in total. The topological polar surface area (TPSA) is 29.1 Å². The summed E-state index contributed by atoms with van der Waals surface area (Å²) in [5, 5.41) is 4.97. The zero-order valence-electron chi connectivity index (χ0n) is 10.1. The summed E-state index contributed by atoms with van der Waals surface area (Å²) in [5.41, 5.74) is 3.71. The number of thiophene rings is 1. The number of anilines is 1. The molecule has 1 N–H and O–H groups in total. The third-order valence-electron chi connectivity index (χ3n) is 3.39. The molecule has 0 radical (unpaired) electrons. The Morgan fingerprint density at radius 2 is 2.00 bits per heavy atom. The molecule has 0 atom stereocenters. The molecule has 1 aliphatic rings. The molecule has 18 heavy (non-hydrogen) atoms. The Morgan fingerprint density at radius 3 is 2.83 bits per heavy atom. The van der Waals surface area contributed by atoms with Gasteiger partial charge in [0.25, 0.3) is 5.91 Å². The molecule has 3 heteroatoms. The zero-order chi connectivity index (χ0) is 12.4. The molecule has 0 saturated heterocycles. The number of carbonyl (C=O) groups excluding carboxylic acids is 1. The van der Waals surface area contributed by atoms with Crippen molar-refractivity contribution in [2.45, 2.75) is 25.7 Å². The van der Waals surface area contributed by atoms with Crippen LogP contribution in [0.4, 0.5) is 5.69 Å². The summed E-state index contributed by atoms with van der Waals surface area (Å²) < 4.78 is 0. The molecule has 0 unspecified atom stereocenters. The maximum absolute atomic E-state index is 12.1. The Balaban J connectivity index is 1.87. The van der Waals surface area contributed by atoms with E-state index in [-0.39, 0.29) is 5.91 Å². The third kappa shape index (κ3) is 2.18. The van der Waals surface area contributed by atoms with Crippen molar-refractivity contribution >= 4 is 22.9 Å². The van der Waals surface area contributed by atoms with E-state index in [1.165, 1.54) is 35.3 Å². The average molecular weight is 257 g/mol. The highest BCUT2D eigenvalue weighted by atomic mass is 32.1. The molecule has 0 aliphatic heterocycles. The Hall–Kier alpha value is -1.61. The Morgan fingerprint density at radius 1 is 1.11 bits per heavy atom. The molecule has 0 saturated carbocycles. The monoisotopic (exact) mass is 257 g/mol. The molecule has 1 amide bonds. The molecule has 1 aliphatic carbocycles. The lowest BCUT2D eigenvalue weighted by atomic mass is 9.90. The SMILES string of the molecule is O=C(Nc1cccc2c1CCCC2)c1cccs1. The van der Waals surface area contributed by atoms with Crippen LogP contribution in [0.2, 0.25) is 0 Å². The summed E-state index contributed by atoms with van der Waals surface area (Å²) in [4.78, 5) is 12.8. The van der Waals surface area contributed by atoms with E-state index in [0.29, 0.717) is 0 Å². The summed E-state index contributed by atoms with van der Waals surface area (Å²) >= 11 is 1.48. The van der Waals surface area contributed by atoms with E-state index >= 15 is 0 Å². The number of rotatable bonds is 2. The van der Waals surface area contributed by atoms with Crippen LogP contribution in [0.25, 0.3) is 0 Å². The van der Waals surface area contributed by atoms with E-state index in [2.05, 4.69) is 11.4 Å². The first-order chi connectivity index (χ1) is 8.84. The number of carbonyl (C=O) groups is 1. The van der Waals surface area contributed by atoms with Gasteiger partial charge < -0.3 is 5.32 Å². The number of fused-ring (bicyclic) bond motifs is 1. The van der Waals surface area contributed by atoms with Crippen molar-refractivity contribution in [2.75, 3.05) is 5.32 Å². The number of nitrogens with one attached hydrogen (secondary N) is 1. The van der Waals surface area contributed by atoms with Gasteiger partial charge in [0.15, 0.2) is 0 Å². The number of benzene rings is 1. The first-order valence-electron chi connectivity index (χ1n) is 6.30. The van der Waals surface area contributed by atoms with E-state index in [0.717, 1.165) is 23.4 Å². The minimum Gasteiger partial charge on any atom is -0.321 e. The first kappa shape index (κ1) is 11.5. The second kappa shape index (κ2) is 4.94. The van der Waals surface area contributed by atoms with Crippen LogP contribution < -0.4 is 5.32 Å². The van der Waals surface area contributed by atoms with Gasteiger partial charge in [0.05, 0.1) is 4.88 Å². The molecule has 0 fully saturated rings. The Bertz CT molecular complexity index is 560. The van der Waals surface area contributed by atoms with Gasteiger partial charge in [0.1, 0.15) is 0 Å². The smallest absolute Gasteiger partial charge is 0.265 e. The second-order valence-corrected chi connectivity index (χ2v) is 5.53. The van der Waals surface area contributed by atoms with Crippen molar-refractivity contribution < 1.29 is 4.79 Å². The van der Waals surface area contributed by atoms with Crippen LogP contribution in [0, 0.1) is 0 Å². The normalized spacial score (nSPS) is 14.0. The molecular weight excluding hydrogens is 242 g/mol. The fraction of sp³-hybridized carbons (Fsp3) is 0.267. The van der Waals surface area contributed by atoms with Crippen LogP contribution >= 0.6 is 11.3 Å². The molecule has 1 aromatic carbocycles. The van der Waals surface area contributed by atoms with Crippen LogP contribution in [-0.4, -0.2) is 5.91 Å². The highest BCUT2D eigenvalue weighted by Gasteiger charge is 2.15. The van der Waals surface area contributed by atoms with Gasteiger partial charge in [-0.25, -0.2) is 0 Å². The lowest BCUT2D eigenvalue weighted by molar-refractivity contribution is 0.103. The van der Waals surface area contributed by atoms with Crippen LogP contribution in [-0.2, 0) is 12.8 Å². The van der Waals surface area contributed by atoms with Crippen LogP contribution in [0.5, 0.6) is 0 Å². The van der Waals surface area contributed by atoms with E-state index < -0.39 is 0 Å². The van der Waals surface area contributed by atoms with Crippen molar-refractivity contribution in [3.63, 3.8) is 0 Å².